The lowest BCUT2D eigenvalue weighted by molar-refractivity contribution is 0.305. The van der Waals surface area contributed by atoms with Gasteiger partial charge in [-0.15, -0.1) is 0 Å². The van der Waals surface area contributed by atoms with Gasteiger partial charge in [0, 0.05) is 6.07 Å². The normalized spacial score (nSPS) is 10.1. The molecule has 0 aliphatic rings. The standard InChI is InChI=1S/C9H9BrF2O2/c1-3-14-6-4-5(10)9(13-2)8(12)7(6)11/h4H,3H2,1-2H3. The highest BCUT2D eigenvalue weighted by Gasteiger charge is 2.18. The minimum atomic E-state index is -1.05. The van der Waals surface area contributed by atoms with Crippen LogP contribution in [-0.4, -0.2) is 13.7 Å². The average molecular weight is 267 g/mol. The molecule has 0 aliphatic heterocycles. The van der Waals surface area contributed by atoms with E-state index in [0.717, 1.165) is 0 Å². The van der Waals surface area contributed by atoms with Gasteiger partial charge in [-0.05, 0) is 22.9 Å². The lowest BCUT2D eigenvalue weighted by atomic mass is 10.3. The molecule has 0 radical (unpaired) electrons. The van der Waals surface area contributed by atoms with Gasteiger partial charge < -0.3 is 9.47 Å². The summed E-state index contributed by atoms with van der Waals surface area (Å²) in [6.45, 7) is 1.96. The first-order chi connectivity index (χ1) is 6.61. The van der Waals surface area contributed by atoms with Gasteiger partial charge in [0.15, 0.2) is 11.5 Å². The molecule has 5 heteroatoms. The molecule has 0 heterocycles. The van der Waals surface area contributed by atoms with Gasteiger partial charge in [0.05, 0.1) is 18.2 Å². The molecular formula is C9H9BrF2O2. The molecule has 2 nitrogen and oxygen atoms in total. The Balaban J connectivity index is 3.25. The van der Waals surface area contributed by atoms with E-state index in [2.05, 4.69) is 20.7 Å². The van der Waals surface area contributed by atoms with E-state index < -0.39 is 11.6 Å². The monoisotopic (exact) mass is 266 g/mol. The van der Waals surface area contributed by atoms with Crippen molar-refractivity contribution in [3.8, 4) is 11.5 Å². The van der Waals surface area contributed by atoms with E-state index in [1.807, 2.05) is 0 Å². The maximum Gasteiger partial charge on any atom is 0.205 e. The minimum Gasteiger partial charge on any atom is -0.492 e. The maximum atomic E-state index is 13.2. The summed E-state index contributed by atoms with van der Waals surface area (Å²) < 4.78 is 36.3. The Kier molecular flexibility index (Phi) is 3.69. The third-order valence-electron chi connectivity index (χ3n) is 1.59. The summed E-state index contributed by atoms with van der Waals surface area (Å²) in [6.07, 6.45) is 0. The molecule has 1 aromatic carbocycles. The second-order valence-corrected chi connectivity index (χ2v) is 3.31. The molecule has 0 saturated heterocycles. The molecule has 0 bridgehead atoms. The molecule has 0 aliphatic carbocycles. The summed E-state index contributed by atoms with van der Waals surface area (Å²) in [6, 6.07) is 1.33. The van der Waals surface area contributed by atoms with E-state index in [4.69, 9.17) is 4.74 Å². The van der Waals surface area contributed by atoms with Crippen LogP contribution < -0.4 is 9.47 Å². The third-order valence-corrected chi connectivity index (χ3v) is 2.18. The van der Waals surface area contributed by atoms with Gasteiger partial charge in [0.1, 0.15) is 0 Å². The minimum absolute atomic E-state index is 0.127. The van der Waals surface area contributed by atoms with Crippen LogP contribution in [0.1, 0.15) is 6.92 Å². The lowest BCUT2D eigenvalue weighted by Crippen LogP contribution is -2.00. The molecule has 0 fully saturated rings. The largest absolute Gasteiger partial charge is 0.492 e. The van der Waals surface area contributed by atoms with Crippen molar-refractivity contribution >= 4 is 15.9 Å². The van der Waals surface area contributed by atoms with Crippen LogP contribution in [0.2, 0.25) is 0 Å². The summed E-state index contributed by atoms with van der Waals surface area (Å²) in [5.41, 5.74) is 0. The van der Waals surface area contributed by atoms with Gasteiger partial charge in [-0.2, -0.15) is 8.78 Å². The van der Waals surface area contributed by atoms with Crippen molar-refractivity contribution in [1.82, 2.24) is 0 Å². The zero-order valence-electron chi connectivity index (χ0n) is 7.73. The fraction of sp³-hybridized carbons (Fsp3) is 0.333. The van der Waals surface area contributed by atoms with Gasteiger partial charge in [0.25, 0.3) is 0 Å². The van der Waals surface area contributed by atoms with Gasteiger partial charge in [-0.25, -0.2) is 0 Å². The molecular weight excluding hydrogens is 258 g/mol. The Morgan fingerprint density at radius 3 is 2.50 bits per heavy atom. The van der Waals surface area contributed by atoms with Crippen LogP contribution in [-0.2, 0) is 0 Å². The van der Waals surface area contributed by atoms with Crippen molar-refractivity contribution in [1.29, 1.82) is 0 Å². The summed E-state index contributed by atoms with van der Waals surface area (Å²) >= 11 is 3.05. The van der Waals surface area contributed by atoms with Crippen molar-refractivity contribution < 1.29 is 18.3 Å². The predicted octanol–water partition coefficient (Wildman–Crippen LogP) is 3.13. The third kappa shape index (κ3) is 1.97. The summed E-state index contributed by atoms with van der Waals surface area (Å²) in [4.78, 5) is 0. The van der Waals surface area contributed by atoms with Crippen LogP contribution >= 0.6 is 15.9 Å². The quantitative estimate of drug-likeness (QED) is 0.783. The summed E-state index contributed by atoms with van der Waals surface area (Å²) in [5.74, 6) is -2.37. The van der Waals surface area contributed by atoms with E-state index in [0.29, 0.717) is 4.47 Å². The van der Waals surface area contributed by atoms with Crippen molar-refractivity contribution in [2.24, 2.45) is 0 Å². The van der Waals surface area contributed by atoms with E-state index in [1.54, 1.807) is 6.92 Å². The highest BCUT2D eigenvalue weighted by Crippen LogP contribution is 2.35. The molecule has 0 aromatic heterocycles. The lowest BCUT2D eigenvalue weighted by Gasteiger charge is -2.09. The Morgan fingerprint density at radius 2 is 2.00 bits per heavy atom. The molecule has 0 spiro atoms. The Labute approximate surface area is 89.0 Å². The molecule has 0 amide bonds. The molecule has 0 atom stereocenters. The molecule has 0 saturated carbocycles. The number of rotatable bonds is 3. The van der Waals surface area contributed by atoms with Crippen molar-refractivity contribution in [3.05, 3.63) is 22.2 Å². The van der Waals surface area contributed by atoms with Crippen LogP contribution in [0.5, 0.6) is 11.5 Å². The van der Waals surface area contributed by atoms with Crippen molar-refractivity contribution in [2.75, 3.05) is 13.7 Å². The van der Waals surface area contributed by atoms with E-state index in [-0.39, 0.29) is 18.1 Å². The number of methoxy groups -OCH3 is 1. The molecule has 14 heavy (non-hydrogen) atoms. The Morgan fingerprint density at radius 1 is 1.36 bits per heavy atom. The van der Waals surface area contributed by atoms with Gasteiger partial charge in [-0.3, -0.25) is 0 Å². The summed E-state index contributed by atoms with van der Waals surface area (Å²) in [7, 11) is 1.27. The van der Waals surface area contributed by atoms with Crippen molar-refractivity contribution in [2.45, 2.75) is 6.92 Å². The van der Waals surface area contributed by atoms with Crippen LogP contribution in [0.25, 0.3) is 0 Å². The van der Waals surface area contributed by atoms with E-state index >= 15 is 0 Å². The molecule has 1 rings (SSSR count). The highest BCUT2D eigenvalue weighted by molar-refractivity contribution is 9.10. The fourth-order valence-electron chi connectivity index (χ4n) is 1.00. The number of hydrogen-bond acceptors (Lipinski definition) is 2. The fourth-order valence-corrected chi connectivity index (χ4v) is 1.55. The zero-order chi connectivity index (χ0) is 10.7. The topological polar surface area (TPSA) is 18.5 Å². The number of hydrogen-bond donors (Lipinski definition) is 0. The second-order valence-electron chi connectivity index (χ2n) is 2.45. The zero-order valence-corrected chi connectivity index (χ0v) is 9.32. The number of ether oxygens (including phenoxy) is 2. The van der Waals surface area contributed by atoms with E-state index in [9.17, 15) is 8.78 Å². The van der Waals surface area contributed by atoms with Crippen LogP contribution in [0.3, 0.4) is 0 Å². The van der Waals surface area contributed by atoms with E-state index in [1.165, 1.54) is 13.2 Å². The molecule has 0 N–H and O–H groups in total. The van der Waals surface area contributed by atoms with Crippen LogP contribution in [0.15, 0.2) is 10.5 Å². The Hall–Kier alpha value is -0.840. The molecule has 1 aromatic rings. The van der Waals surface area contributed by atoms with Gasteiger partial charge in [0.2, 0.25) is 11.6 Å². The van der Waals surface area contributed by atoms with Crippen LogP contribution in [0.4, 0.5) is 8.78 Å². The van der Waals surface area contributed by atoms with Gasteiger partial charge in [-0.1, -0.05) is 0 Å². The highest BCUT2D eigenvalue weighted by atomic mass is 79.9. The number of halogens is 3. The molecule has 78 valence electrons. The van der Waals surface area contributed by atoms with Crippen LogP contribution in [0, 0.1) is 11.6 Å². The predicted molar refractivity (Wildman–Crippen MR) is 51.8 cm³/mol. The SMILES string of the molecule is CCOc1cc(Br)c(OC)c(F)c1F. The smallest absolute Gasteiger partial charge is 0.205 e. The van der Waals surface area contributed by atoms with Gasteiger partial charge >= 0.3 is 0 Å². The average Bonchev–Trinajstić information content (AvgIpc) is 2.15. The first-order valence-electron chi connectivity index (χ1n) is 3.96. The summed E-state index contributed by atoms with van der Waals surface area (Å²) in [5, 5.41) is 0. The second kappa shape index (κ2) is 4.59. The van der Waals surface area contributed by atoms with Crippen molar-refractivity contribution in [3.63, 3.8) is 0 Å². The first-order valence-corrected chi connectivity index (χ1v) is 4.75. The molecule has 0 unspecified atom stereocenters. The number of benzene rings is 1. The Bertz CT molecular complexity index is 342. The maximum absolute atomic E-state index is 13.2. The first kappa shape index (κ1) is 11.2.